The molecule has 0 amide bonds. The van der Waals surface area contributed by atoms with Gasteiger partial charge < -0.3 is 24.6 Å². The number of rotatable bonds is 6. The average Bonchev–Trinajstić information content (AvgIpc) is 2.84. The summed E-state index contributed by atoms with van der Waals surface area (Å²) in [4.78, 5) is 26.7. The fraction of sp³-hybridized carbons (Fsp3) is 0.333. The number of halogens is 1. The van der Waals surface area contributed by atoms with Crippen molar-refractivity contribution in [3.63, 3.8) is 0 Å². The van der Waals surface area contributed by atoms with Crippen molar-refractivity contribution in [2.75, 3.05) is 20.8 Å². The van der Waals surface area contributed by atoms with Gasteiger partial charge in [0.1, 0.15) is 5.75 Å². The number of allylic oxidation sites excluding steroid dienone is 3. The number of carbonyl (C=O) groups is 2. The molecule has 1 aliphatic heterocycles. The van der Waals surface area contributed by atoms with Gasteiger partial charge in [0.15, 0.2) is 17.3 Å². The van der Waals surface area contributed by atoms with Crippen molar-refractivity contribution in [2.24, 2.45) is 0 Å². The van der Waals surface area contributed by atoms with Crippen LogP contribution in [0.3, 0.4) is 0 Å². The van der Waals surface area contributed by atoms with Crippen LogP contribution in [0.4, 0.5) is 0 Å². The Morgan fingerprint density at radius 2 is 1.83 bits per heavy atom. The Bertz CT molecular complexity index is 1230. The van der Waals surface area contributed by atoms with Gasteiger partial charge in [0.2, 0.25) is 0 Å². The first-order valence-electron chi connectivity index (χ1n) is 11.4. The van der Waals surface area contributed by atoms with Gasteiger partial charge in [-0.05, 0) is 77.5 Å². The first kappa shape index (κ1) is 24.9. The van der Waals surface area contributed by atoms with Crippen LogP contribution in [-0.2, 0) is 14.3 Å². The first-order chi connectivity index (χ1) is 16.8. The molecule has 0 bridgehead atoms. The molecule has 184 valence electrons. The van der Waals surface area contributed by atoms with E-state index in [9.17, 15) is 14.7 Å². The number of Topliss-reactive ketones (excluding diaryl/α,β-unsaturated/α-hetero) is 1. The lowest BCUT2D eigenvalue weighted by molar-refractivity contribution is -0.138. The summed E-state index contributed by atoms with van der Waals surface area (Å²) in [6.45, 7) is 3.77. The third-order valence-corrected chi connectivity index (χ3v) is 7.12. The minimum atomic E-state index is -0.652. The summed E-state index contributed by atoms with van der Waals surface area (Å²) in [7, 11) is 3.08. The molecule has 0 radical (unpaired) electrons. The number of methoxy groups -OCH3 is 2. The summed E-state index contributed by atoms with van der Waals surface area (Å²) in [6.07, 6.45) is 0.933. The third-order valence-electron chi connectivity index (χ3n) is 6.51. The van der Waals surface area contributed by atoms with E-state index in [1.807, 2.05) is 31.2 Å². The van der Waals surface area contributed by atoms with Crippen LogP contribution in [0.25, 0.3) is 0 Å². The van der Waals surface area contributed by atoms with E-state index in [4.69, 9.17) is 14.2 Å². The summed E-state index contributed by atoms with van der Waals surface area (Å²) in [5, 5.41) is 13.7. The average molecular weight is 542 g/mol. The van der Waals surface area contributed by atoms with Gasteiger partial charge in [-0.2, -0.15) is 0 Å². The van der Waals surface area contributed by atoms with Crippen molar-refractivity contribution in [3.05, 3.63) is 74.5 Å². The van der Waals surface area contributed by atoms with E-state index in [1.54, 1.807) is 26.2 Å². The van der Waals surface area contributed by atoms with E-state index in [2.05, 4.69) is 21.2 Å². The van der Waals surface area contributed by atoms with E-state index in [1.165, 1.54) is 7.11 Å². The highest BCUT2D eigenvalue weighted by molar-refractivity contribution is 9.10. The van der Waals surface area contributed by atoms with Crippen LogP contribution >= 0.6 is 15.9 Å². The zero-order chi connectivity index (χ0) is 25.3. The predicted molar refractivity (Wildman–Crippen MR) is 135 cm³/mol. The number of ketones is 1. The molecule has 1 aliphatic carbocycles. The third kappa shape index (κ3) is 4.67. The molecule has 1 heterocycles. The zero-order valence-corrected chi connectivity index (χ0v) is 21.7. The highest BCUT2D eigenvalue weighted by atomic mass is 79.9. The molecular formula is C27H28BrNO6. The number of benzene rings is 2. The van der Waals surface area contributed by atoms with E-state index in [0.717, 1.165) is 17.0 Å². The van der Waals surface area contributed by atoms with E-state index in [-0.39, 0.29) is 29.8 Å². The zero-order valence-electron chi connectivity index (χ0n) is 20.1. The van der Waals surface area contributed by atoms with Crippen molar-refractivity contribution in [1.82, 2.24) is 5.32 Å². The second-order valence-corrected chi connectivity index (χ2v) is 9.42. The number of esters is 1. The Kier molecular flexibility index (Phi) is 7.21. The number of nitrogens with one attached hydrogen (secondary N) is 1. The molecule has 0 saturated heterocycles. The highest BCUT2D eigenvalue weighted by Crippen LogP contribution is 2.48. The number of phenols is 1. The quantitative estimate of drug-likeness (QED) is 0.491. The molecule has 2 N–H and O–H groups in total. The van der Waals surface area contributed by atoms with Crippen LogP contribution < -0.4 is 14.8 Å². The summed E-state index contributed by atoms with van der Waals surface area (Å²) < 4.78 is 16.4. The van der Waals surface area contributed by atoms with Crippen molar-refractivity contribution in [2.45, 2.75) is 38.5 Å². The highest BCUT2D eigenvalue weighted by Gasteiger charge is 2.41. The van der Waals surface area contributed by atoms with Crippen LogP contribution in [0.1, 0.15) is 49.7 Å². The Labute approximate surface area is 212 Å². The standard InChI is InChI=1S/C27H28BrNO6/c1-5-35-27(32)23-14(2)29-20-11-16(15-6-8-18(33-3)9-7-15)12-21(30)25(20)24(23)17-10-19(28)26(31)22(13-17)34-4/h6-10,13,16,24,29,31H,5,11-12H2,1-4H3/t16-,24+/m1/s1. The number of carbonyl (C=O) groups excluding carboxylic acids is 2. The maximum atomic E-state index is 13.7. The smallest absolute Gasteiger partial charge is 0.336 e. The molecule has 4 rings (SSSR count). The van der Waals surface area contributed by atoms with Gasteiger partial charge in [0.05, 0.1) is 30.9 Å². The van der Waals surface area contributed by atoms with Crippen molar-refractivity contribution >= 4 is 27.7 Å². The number of ether oxygens (including phenoxy) is 3. The molecule has 0 fully saturated rings. The second kappa shape index (κ2) is 10.2. The van der Waals surface area contributed by atoms with Gasteiger partial charge in [-0.1, -0.05) is 12.1 Å². The Morgan fingerprint density at radius 3 is 2.46 bits per heavy atom. The summed E-state index contributed by atoms with van der Waals surface area (Å²) >= 11 is 3.37. The molecule has 0 unspecified atom stereocenters. The van der Waals surface area contributed by atoms with Gasteiger partial charge in [0, 0.05) is 29.3 Å². The number of hydrogen-bond acceptors (Lipinski definition) is 7. The topological polar surface area (TPSA) is 94.1 Å². The van der Waals surface area contributed by atoms with E-state index in [0.29, 0.717) is 39.7 Å². The molecule has 2 aliphatic rings. The molecule has 2 aromatic carbocycles. The number of phenolic OH excluding ortho intramolecular Hbond substituents is 1. The largest absolute Gasteiger partial charge is 0.503 e. The SMILES string of the molecule is CCOC(=O)C1=C(C)NC2=C(C(=O)C[C@H](c3ccc(OC)cc3)C2)[C@H]1c1cc(Br)c(O)c(OC)c1. The lowest BCUT2D eigenvalue weighted by Crippen LogP contribution is -2.36. The van der Waals surface area contributed by atoms with Crippen LogP contribution in [0, 0.1) is 0 Å². The molecule has 8 heteroatoms. The first-order valence-corrected chi connectivity index (χ1v) is 12.2. The Balaban J connectivity index is 1.82. The maximum Gasteiger partial charge on any atom is 0.336 e. The van der Waals surface area contributed by atoms with Crippen LogP contribution in [0.2, 0.25) is 0 Å². The van der Waals surface area contributed by atoms with Gasteiger partial charge >= 0.3 is 5.97 Å². The van der Waals surface area contributed by atoms with Gasteiger partial charge in [-0.25, -0.2) is 4.79 Å². The lowest BCUT2D eigenvalue weighted by atomic mass is 9.71. The molecule has 0 spiro atoms. The summed E-state index contributed by atoms with van der Waals surface area (Å²) in [5.74, 6) is -0.220. The summed E-state index contributed by atoms with van der Waals surface area (Å²) in [6, 6.07) is 11.1. The monoisotopic (exact) mass is 541 g/mol. The van der Waals surface area contributed by atoms with Gasteiger partial charge in [-0.15, -0.1) is 0 Å². The molecule has 0 aromatic heterocycles. The molecular weight excluding hydrogens is 514 g/mol. The molecule has 35 heavy (non-hydrogen) atoms. The van der Waals surface area contributed by atoms with E-state index >= 15 is 0 Å². The molecule has 2 atom stereocenters. The Hall–Kier alpha value is -3.26. The molecule has 7 nitrogen and oxygen atoms in total. The lowest BCUT2D eigenvalue weighted by Gasteiger charge is -2.37. The Morgan fingerprint density at radius 1 is 1.11 bits per heavy atom. The maximum absolute atomic E-state index is 13.7. The normalized spacial score (nSPS) is 19.7. The minimum absolute atomic E-state index is 0.00154. The van der Waals surface area contributed by atoms with Gasteiger partial charge in [0.25, 0.3) is 0 Å². The number of aromatic hydroxyl groups is 1. The second-order valence-electron chi connectivity index (χ2n) is 8.56. The number of hydrogen-bond donors (Lipinski definition) is 2. The van der Waals surface area contributed by atoms with Crippen molar-refractivity contribution < 1.29 is 28.9 Å². The fourth-order valence-electron chi connectivity index (χ4n) is 4.88. The predicted octanol–water partition coefficient (Wildman–Crippen LogP) is 5.10. The van der Waals surface area contributed by atoms with Crippen molar-refractivity contribution in [3.8, 4) is 17.2 Å². The van der Waals surface area contributed by atoms with Crippen LogP contribution in [0.5, 0.6) is 17.2 Å². The number of dihydropyridines is 1. The van der Waals surface area contributed by atoms with Crippen LogP contribution in [0.15, 0.2) is 63.4 Å². The van der Waals surface area contributed by atoms with E-state index < -0.39 is 11.9 Å². The van der Waals surface area contributed by atoms with Gasteiger partial charge in [-0.3, -0.25) is 4.79 Å². The fourth-order valence-corrected chi connectivity index (χ4v) is 5.34. The molecule has 2 aromatic rings. The van der Waals surface area contributed by atoms with Crippen molar-refractivity contribution in [1.29, 1.82) is 0 Å². The minimum Gasteiger partial charge on any atom is -0.503 e. The molecule has 0 saturated carbocycles. The summed E-state index contributed by atoms with van der Waals surface area (Å²) in [5.41, 5.74) is 4.05. The van der Waals surface area contributed by atoms with Crippen LogP contribution in [-0.4, -0.2) is 37.7 Å².